The molecule has 0 atom stereocenters. The molecule has 204 valence electrons. The van der Waals surface area contributed by atoms with E-state index in [2.05, 4.69) is 15.6 Å². The molecule has 2 heterocycles. The summed E-state index contributed by atoms with van der Waals surface area (Å²) in [6, 6.07) is 11.3. The molecule has 2 aromatic carbocycles. The van der Waals surface area contributed by atoms with Crippen LogP contribution in [-0.4, -0.2) is 64.5 Å². The van der Waals surface area contributed by atoms with Crippen molar-refractivity contribution in [1.82, 2.24) is 19.4 Å². The summed E-state index contributed by atoms with van der Waals surface area (Å²) >= 11 is 0. The van der Waals surface area contributed by atoms with Gasteiger partial charge in [0.05, 0.1) is 22.5 Å². The molecule has 11 nitrogen and oxygen atoms in total. The number of aromatic nitrogens is 3. The van der Waals surface area contributed by atoms with Crippen molar-refractivity contribution in [3.8, 4) is 11.3 Å². The number of rotatable bonds is 10. The predicted molar refractivity (Wildman–Crippen MR) is 156 cm³/mol. The summed E-state index contributed by atoms with van der Waals surface area (Å²) in [5.74, 6) is 0.111. The number of carbonyl (C=O) groups excluding carboxylic acids is 1. The van der Waals surface area contributed by atoms with E-state index in [1.165, 1.54) is 6.07 Å². The fourth-order valence-electron chi connectivity index (χ4n) is 4.37. The number of nitrogens with zero attached hydrogens (tertiary/aromatic N) is 6. The number of benzene rings is 2. The molecule has 0 unspecified atom stereocenters. The molecule has 0 radical (unpaired) electrons. The second-order valence-electron chi connectivity index (χ2n) is 9.79. The molecule has 0 aliphatic carbocycles. The first-order valence-electron chi connectivity index (χ1n) is 12.7. The molecule has 2 aromatic heterocycles. The van der Waals surface area contributed by atoms with Crippen molar-refractivity contribution in [2.24, 2.45) is 7.05 Å². The van der Waals surface area contributed by atoms with E-state index in [0.29, 0.717) is 35.7 Å². The zero-order valence-corrected chi connectivity index (χ0v) is 23.1. The monoisotopic (exact) mass is 530 g/mol. The van der Waals surface area contributed by atoms with E-state index < -0.39 is 0 Å². The molecule has 11 heteroatoms. The normalized spacial score (nSPS) is 11.2. The number of nitro benzene ring substituents is 1. The average Bonchev–Trinajstić information content (AvgIpc) is 3.25. The van der Waals surface area contributed by atoms with E-state index in [9.17, 15) is 14.9 Å². The van der Waals surface area contributed by atoms with E-state index in [1.807, 2.05) is 79.9 Å². The topological polar surface area (TPSA) is 121 Å². The van der Waals surface area contributed by atoms with E-state index >= 15 is 0 Å². The van der Waals surface area contributed by atoms with Crippen molar-refractivity contribution in [1.29, 1.82) is 0 Å². The Morgan fingerprint density at radius 1 is 1.13 bits per heavy atom. The van der Waals surface area contributed by atoms with Gasteiger partial charge >= 0.3 is 0 Å². The lowest BCUT2D eigenvalue weighted by Crippen LogP contribution is -2.29. The van der Waals surface area contributed by atoms with Gasteiger partial charge in [0.1, 0.15) is 11.4 Å². The lowest BCUT2D eigenvalue weighted by molar-refractivity contribution is -0.384. The third-order valence-electron chi connectivity index (χ3n) is 6.59. The van der Waals surface area contributed by atoms with E-state index in [0.717, 1.165) is 28.6 Å². The van der Waals surface area contributed by atoms with Crippen LogP contribution in [0.3, 0.4) is 0 Å². The maximum Gasteiger partial charge on any atom is 0.294 e. The van der Waals surface area contributed by atoms with E-state index in [4.69, 9.17) is 4.98 Å². The maximum absolute atomic E-state index is 12.3. The Kier molecular flexibility index (Phi) is 8.10. The summed E-state index contributed by atoms with van der Waals surface area (Å²) in [6.45, 7) is 5.07. The number of amides is 1. The average molecular weight is 531 g/mol. The van der Waals surface area contributed by atoms with Crippen LogP contribution >= 0.6 is 0 Å². The minimum atomic E-state index is -0.377. The van der Waals surface area contributed by atoms with Gasteiger partial charge in [-0.3, -0.25) is 14.9 Å². The maximum atomic E-state index is 12.3. The molecule has 0 saturated heterocycles. The van der Waals surface area contributed by atoms with Gasteiger partial charge in [0.25, 0.3) is 5.69 Å². The lowest BCUT2D eigenvalue weighted by Gasteiger charge is -2.22. The van der Waals surface area contributed by atoms with Crippen molar-refractivity contribution >= 4 is 45.5 Å². The van der Waals surface area contributed by atoms with Gasteiger partial charge in [0.15, 0.2) is 0 Å². The molecule has 0 spiro atoms. The summed E-state index contributed by atoms with van der Waals surface area (Å²) in [4.78, 5) is 37.0. The Morgan fingerprint density at radius 3 is 2.56 bits per heavy atom. The molecule has 4 aromatic rings. The number of carbonyl (C=O) groups is 1. The van der Waals surface area contributed by atoms with Gasteiger partial charge in [-0.05, 0) is 38.7 Å². The molecular formula is C28H34N8O3. The minimum absolute atomic E-state index is 0.00883. The van der Waals surface area contributed by atoms with Crippen LogP contribution in [0.15, 0.2) is 48.8 Å². The van der Waals surface area contributed by atoms with Crippen molar-refractivity contribution in [2.45, 2.75) is 20.3 Å². The molecule has 2 N–H and O–H groups in total. The number of anilines is 4. The Labute approximate surface area is 227 Å². The Balaban J connectivity index is 1.76. The first-order chi connectivity index (χ1) is 18.6. The van der Waals surface area contributed by atoms with Gasteiger partial charge in [-0.15, -0.1) is 0 Å². The number of fused-ring (bicyclic) bond motifs is 1. The molecule has 0 saturated carbocycles. The largest absolute Gasteiger partial charge is 0.368 e. The molecule has 0 aliphatic rings. The SMILES string of the molecule is CCC(=O)Nc1cnc(Nc2cc([N+](=O)[O-])c(N(C)CCN(C)C)cc2C)nc1-c1cn(C)c2ccccc12. The Bertz CT molecular complexity index is 1530. The van der Waals surface area contributed by atoms with Crippen LogP contribution in [0.4, 0.5) is 28.7 Å². The molecule has 0 aliphatic heterocycles. The van der Waals surface area contributed by atoms with Crippen LogP contribution in [0.2, 0.25) is 0 Å². The number of nitro groups is 1. The Morgan fingerprint density at radius 2 is 1.87 bits per heavy atom. The van der Waals surface area contributed by atoms with Crippen molar-refractivity contribution in [3.63, 3.8) is 0 Å². The first-order valence-corrected chi connectivity index (χ1v) is 12.7. The summed E-state index contributed by atoms with van der Waals surface area (Å²) in [5, 5.41) is 19.0. The summed E-state index contributed by atoms with van der Waals surface area (Å²) < 4.78 is 2.00. The van der Waals surface area contributed by atoms with E-state index in [-0.39, 0.29) is 22.5 Å². The fraction of sp³-hybridized carbons (Fsp3) is 0.321. The molecule has 1 amide bonds. The van der Waals surface area contributed by atoms with Crippen LogP contribution in [-0.2, 0) is 11.8 Å². The molecule has 39 heavy (non-hydrogen) atoms. The number of likely N-dealkylation sites (N-methyl/N-ethyl adjacent to an activating group) is 2. The molecule has 4 rings (SSSR count). The van der Waals surface area contributed by atoms with Gasteiger partial charge in [-0.25, -0.2) is 9.97 Å². The zero-order chi connectivity index (χ0) is 28.3. The van der Waals surface area contributed by atoms with Gasteiger partial charge in [-0.1, -0.05) is 25.1 Å². The van der Waals surface area contributed by atoms with Gasteiger partial charge in [-0.2, -0.15) is 0 Å². The molecular weight excluding hydrogens is 496 g/mol. The standard InChI is InChI=1S/C28H34N8O3/c1-7-26(37)30-22-16-29-28(32-27(22)20-17-35(6)23-11-9-8-10-19(20)23)31-21-15-25(36(38)39)24(14-18(21)2)34(5)13-12-33(3)4/h8-11,14-17H,7,12-13H2,1-6H3,(H,30,37)(H,29,31,32). The highest BCUT2D eigenvalue weighted by Crippen LogP contribution is 2.36. The smallest absolute Gasteiger partial charge is 0.294 e. The summed E-state index contributed by atoms with van der Waals surface area (Å²) in [6.07, 6.45) is 3.84. The zero-order valence-electron chi connectivity index (χ0n) is 23.1. The minimum Gasteiger partial charge on any atom is -0.368 e. The summed E-state index contributed by atoms with van der Waals surface area (Å²) in [7, 11) is 7.73. The highest BCUT2D eigenvalue weighted by Gasteiger charge is 2.22. The fourth-order valence-corrected chi connectivity index (χ4v) is 4.37. The van der Waals surface area contributed by atoms with Crippen LogP contribution < -0.4 is 15.5 Å². The highest BCUT2D eigenvalue weighted by atomic mass is 16.6. The van der Waals surface area contributed by atoms with Crippen molar-refractivity contribution < 1.29 is 9.72 Å². The number of para-hydroxylation sites is 1. The summed E-state index contributed by atoms with van der Waals surface area (Å²) in [5.41, 5.74) is 4.78. The predicted octanol–water partition coefficient (Wildman–Crippen LogP) is 4.94. The van der Waals surface area contributed by atoms with Gasteiger partial charge in [0, 0.05) is 62.3 Å². The van der Waals surface area contributed by atoms with Crippen LogP contribution in [0.25, 0.3) is 22.2 Å². The van der Waals surface area contributed by atoms with Crippen LogP contribution in [0.1, 0.15) is 18.9 Å². The van der Waals surface area contributed by atoms with Crippen molar-refractivity contribution in [2.75, 3.05) is 49.8 Å². The van der Waals surface area contributed by atoms with Crippen LogP contribution in [0, 0.1) is 17.0 Å². The number of hydrogen-bond donors (Lipinski definition) is 2. The molecule has 0 fully saturated rings. The second-order valence-corrected chi connectivity index (χ2v) is 9.79. The van der Waals surface area contributed by atoms with Crippen LogP contribution in [0.5, 0.6) is 0 Å². The Hall–Kier alpha value is -4.51. The van der Waals surface area contributed by atoms with Gasteiger partial charge in [0.2, 0.25) is 11.9 Å². The number of hydrogen-bond acceptors (Lipinski definition) is 8. The van der Waals surface area contributed by atoms with E-state index in [1.54, 1.807) is 19.2 Å². The first kappa shape index (κ1) is 27.5. The quantitative estimate of drug-likeness (QED) is 0.218. The lowest BCUT2D eigenvalue weighted by atomic mass is 10.1. The number of nitrogens with one attached hydrogen (secondary N) is 2. The van der Waals surface area contributed by atoms with Crippen molar-refractivity contribution in [3.05, 3.63) is 64.5 Å². The third kappa shape index (κ3) is 5.99. The second kappa shape index (κ2) is 11.5. The molecule has 0 bridgehead atoms. The highest BCUT2D eigenvalue weighted by molar-refractivity contribution is 6.01. The number of aryl methyl sites for hydroxylation is 2. The third-order valence-corrected chi connectivity index (χ3v) is 6.59. The van der Waals surface area contributed by atoms with Gasteiger partial charge < -0.3 is 25.0 Å².